The van der Waals surface area contributed by atoms with Crippen molar-refractivity contribution < 1.29 is 8.98 Å². The van der Waals surface area contributed by atoms with Gasteiger partial charge in [0.25, 0.3) is 5.56 Å². The monoisotopic (exact) mass is 479 g/mol. The number of benzene rings is 1. The molecular formula is C24H41N3O3SSi. The van der Waals surface area contributed by atoms with Crippen LogP contribution < -0.4 is 10.3 Å². The van der Waals surface area contributed by atoms with Crippen LogP contribution in [-0.2, 0) is 29.3 Å². The summed E-state index contributed by atoms with van der Waals surface area (Å²) in [6.45, 7) is 21.2. The first kappa shape index (κ1) is 27.1. The van der Waals surface area contributed by atoms with Crippen LogP contribution in [0.1, 0.15) is 71.5 Å². The highest BCUT2D eigenvalue weighted by atomic mass is 32.2. The molecule has 1 heterocycles. The maximum Gasteiger partial charge on any atom is 0.261 e. The molecule has 0 unspecified atom stereocenters. The van der Waals surface area contributed by atoms with Crippen LogP contribution in [0.2, 0.25) is 18.1 Å². The van der Waals surface area contributed by atoms with Crippen molar-refractivity contribution in [2.45, 2.75) is 90.7 Å². The van der Waals surface area contributed by atoms with Crippen molar-refractivity contribution >= 4 is 30.6 Å². The second-order valence-electron chi connectivity index (χ2n) is 11.1. The van der Waals surface area contributed by atoms with E-state index in [2.05, 4.69) is 38.6 Å². The standard InChI is InChI=1S/C24H41N3O3SSi/c1-12-20-25-21-17(13-16(2)14-18(21)22(28)27(20)9)19(26-31(29)23(3,4)5)15-30-32(10,11)24(6,7)8/h13-14,19,26H,12,15H2,1-11H3/t19-,31-/m1/s1. The van der Waals surface area contributed by atoms with Crippen molar-refractivity contribution in [3.8, 4) is 0 Å². The highest BCUT2D eigenvalue weighted by Crippen LogP contribution is 2.37. The van der Waals surface area contributed by atoms with Gasteiger partial charge in [0.05, 0.1) is 17.5 Å². The van der Waals surface area contributed by atoms with Crippen LogP contribution >= 0.6 is 0 Å². The van der Waals surface area contributed by atoms with Crippen LogP contribution in [0.15, 0.2) is 16.9 Å². The number of aromatic nitrogens is 2. The number of aryl methyl sites for hydroxylation is 2. The van der Waals surface area contributed by atoms with Crippen LogP contribution in [0, 0.1) is 6.92 Å². The third kappa shape index (κ3) is 5.83. The summed E-state index contributed by atoms with van der Waals surface area (Å²) in [6, 6.07) is 3.58. The molecule has 2 rings (SSSR count). The highest BCUT2D eigenvalue weighted by Gasteiger charge is 2.39. The largest absolute Gasteiger partial charge is 0.598 e. The molecule has 1 N–H and O–H groups in total. The summed E-state index contributed by atoms with van der Waals surface area (Å²) in [5.74, 6) is 0.730. The minimum absolute atomic E-state index is 0.0545. The van der Waals surface area contributed by atoms with Crippen LogP contribution in [-0.4, -0.2) is 33.8 Å². The van der Waals surface area contributed by atoms with E-state index < -0.39 is 24.4 Å². The molecule has 0 aliphatic carbocycles. The molecule has 0 spiro atoms. The fraction of sp³-hybridized carbons (Fsp3) is 0.667. The Morgan fingerprint density at radius 1 is 1.22 bits per heavy atom. The Bertz CT molecular complexity index is 1020. The molecule has 1 aromatic heterocycles. The summed E-state index contributed by atoms with van der Waals surface area (Å²) in [5.41, 5.74) is 2.44. The van der Waals surface area contributed by atoms with E-state index in [-0.39, 0.29) is 16.6 Å². The molecule has 0 bridgehead atoms. The number of nitrogens with zero attached hydrogens (tertiary/aromatic N) is 2. The molecule has 0 saturated carbocycles. The lowest BCUT2D eigenvalue weighted by molar-refractivity contribution is 0.256. The zero-order chi connectivity index (χ0) is 24.6. The SMILES string of the molecule is CCc1nc2c([C@@H](CO[Si](C)(C)C(C)(C)C)N[S@+]([O-])C(C)(C)C)cc(C)cc2c(=O)n1C. The van der Waals surface area contributed by atoms with Gasteiger partial charge in [0.1, 0.15) is 16.6 Å². The Kier molecular flexibility index (Phi) is 8.10. The van der Waals surface area contributed by atoms with Crippen molar-refractivity contribution in [1.82, 2.24) is 14.3 Å². The Labute approximate surface area is 197 Å². The molecule has 0 aliphatic heterocycles. The summed E-state index contributed by atoms with van der Waals surface area (Å²) in [7, 11) is -0.277. The lowest BCUT2D eigenvalue weighted by atomic mass is 10.0. The molecule has 8 heteroatoms. The summed E-state index contributed by atoms with van der Waals surface area (Å²) < 4.78 is 24.1. The molecule has 6 nitrogen and oxygen atoms in total. The minimum atomic E-state index is -2.04. The predicted octanol–water partition coefficient (Wildman–Crippen LogP) is 4.92. The first-order valence-electron chi connectivity index (χ1n) is 11.3. The summed E-state index contributed by atoms with van der Waals surface area (Å²) >= 11 is -1.31. The third-order valence-corrected chi connectivity index (χ3v) is 12.5. The first-order chi connectivity index (χ1) is 14.5. The first-order valence-corrected chi connectivity index (χ1v) is 15.4. The quantitative estimate of drug-likeness (QED) is 0.450. The molecule has 0 aliphatic rings. The van der Waals surface area contributed by atoms with Crippen LogP contribution in [0.25, 0.3) is 10.9 Å². The van der Waals surface area contributed by atoms with Crippen molar-refractivity contribution in [1.29, 1.82) is 0 Å². The third-order valence-electron chi connectivity index (χ3n) is 6.36. The zero-order valence-corrected chi connectivity index (χ0v) is 23.5. The summed E-state index contributed by atoms with van der Waals surface area (Å²) in [5, 5.41) is 0.638. The van der Waals surface area contributed by atoms with Gasteiger partial charge in [0.15, 0.2) is 8.32 Å². The van der Waals surface area contributed by atoms with E-state index in [9.17, 15) is 9.35 Å². The van der Waals surface area contributed by atoms with E-state index in [0.29, 0.717) is 23.9 Å². The number of hydrogen-bond donors (Lipinski definition) is 1. The van der Waals surface area contributed by atoms with Gasteiger partial charge in [0, 0.05) is 30.4 Å². The van der Waals surface area contributed by atoms with Crippen molar-refractivity contribution in [2.24, 2.45) is 7.05 Å². The fourth-order valence-electron chi connectivity index (χ4n) is 3.18. The predicted molar refractivity (Wildman–Crippen MR) is 138 cm³/mol. The van der Waals surface area contributed by atoms with E-state index in [1.807, 2.05) is 46.8 Å². The van der Waals surface area contributed by atoms with Gasteiger partial charge >= 0.3 is 0 Å². The number of fused-ring (bicyclic) bond motifs is 1. The molecule has 2 atom stereocenters. The zero-order valence-electron chi connectivity index (χ0n) is 21.7. The van der Waals surface area contributed by atoms with E-state index in [4.69, 9.17) is 9.41 Å². The van der Waals surface area contributed by atoms with E-state index in [1.165, 1.54) is 0 Å². The van der Waals surface area contributed by atoms with Gasteiger partial charge in [-0.1, -0.05) is 33.8 Å². The smallest absolute Gasteiger partial charge is 0.261 e. The minimum Gasteiger partial charge on any atom is -0.598 e. The van der Waals surface area contributed by atoms with Gasteiger partial charge in [0.2, 0.25) is 0 Å². The Morgan fingerprint density at radius 2 is 1.81 bits per heavy atom. The normalized spacial score (nSPS) is 15.2. The molecule has 0 fully saturated rings. The number of hydrogen-bond acceptors (Lipinski definition) is 5. The molecule has 0 radical (unpaired) electrons. The molecular weight excluding hydrogens is 438 g/mol. The van der Waals surface area contributed by atoms with Gasteiger partial charge in [-0.25, -0.2) is 4.98 Å². The molecule has 0 saturated heterocycles. The molecule has 2 aromatic rings. The molecule has 32 heavy (non-hydrogen) atoms. The van der Waals surface area contributed by atoms with Gasteiger partial charge < -0.3 is 8.98 Å². The highest BCUT2D eigenvalue weighted by molar-refractivity contribution is 7.90. The molecule has 0 amide bonds. The fourth-order valence-corrected chi connectivity index (χ4v) is 5.00. The van der Waals surface area contributed by atoms with Crippen molar-refractivity contribution in [2.75, 3.05) is 6.61 Å². The second kappa shape index (κ2) is 9.58. The Balaban J connectivity index is 2.66. The Hall–Kier alpha value is -1.19. The molecule has 1 aromatic carbocycles. The van der Waals surface area contributed by atoms with Gasteiger partial charge in [-0.15, -0.1) is 4.72 Å². The summed E-state index contributed by atoms with van der Waals surface area (Å²) in [6.07, 6.45) is 0.654. The maximum absolute atomic E-state index is 13.1. The average Bonchev–Trinajstić information content (AvgIpc) is 2.65. The van der Waals surface area contributed by atoms with Crippen LogP contribution in [0.5, 0.6) is 0 Å². The maximum atomic E-state index is 13.1. The van der Waals surface area contributed by atoms with Crippen molar-refractivity contribution in [3.05, 3.63) is 39.4 Å². The Morgan fingerprint density at radius 3 is 2.31 bits per heavy atom. The second-order valence-corrected chi connectivity index (χ2v) is 17.9. The molecule has 180 valence electrons. The van der Waals surface area contributed by atoms with Gasteiger partial charge in [-0.2, -0.15) is 0 Å². The van der Waals surface area contributed by atoms with Crippen LogP contribution in [0.3, 0.4) is 0 Å². The van der Waals surface area contributed by atoms with Gasteiger partial charge in [-0.3, -0.25) is 9.36 Å². The lowest BCUT2D eigenvalue weighted by Crippen LogP contribution is -2.46. The van der Waals surface area contributed by atoms with E-state index in [1.54, 1.807) is 11.6 Å². The average molecular weight is 480 g/mol. The number of nitrogens with one attached hydrogen (secondary N) is 1. The topological polar surface area (TPSA) is 79.2 Å². The number of rotatable bonds is 7. The summed E-state index contributed by atoms with van der Waals surface area (Å²) in [4.78, 5) is 17.9. The lowest BCUT2D eigenvalue weighted by Gasteiger charge is -2.38. The van der Waals surface area contributed by atoms with Crippen molar-refractivity contribution in [3.63, 3.8) is 0 Å². The van der Waals surface area contributed by atoms with E-state index >= 15 is 0 Å². The van der Waals surface area contributed by atoms with E-state index in [0.717, 1.165) is 17.0 Å². The van der Waals surface area contributed by atoms with Crippen LogP contribution in [0.4, 0.5) is 0 Å². The van der Waals surface area contributed by atoms with Gasteiger partial charge in [-0.05, 0) is 57.5 Å².